The molecule has 1 atom stereocenters. The maximum Gasteiger partial charge on any atom is 0.139 e. The van der Waals surface area contributed by atoms with Gasteiger partial charge in [-0.15, -0.1) is 9.24 Å². The molecule has 12 heavy (non-hydrogen) atoms. The van der Waals surface area contributed by atoms with Gasteiger partial charge in [-0.1, -0.05) is 18.5 Å². The molecule has 0 saturated carbocycles. The molecule has 0 radical (unpaired) electrons. The summed E-state index contributed by atoms with van der Waals surface area (Å²) >= 11 is 0. The maximum absolute atomic E-state index is 9.97. The molecule has 0 aliphatic rings. The molecular formula is C9H16NOP. The van der Waals surface area contributed by atoms with Gasteiger partial charge in [0.2, 0.25) is 0 Å². The van der Waals surface area contributed by atoms with Crippen LogP contribution in [0.1, 0.15) is 19.3 Å². The van der Waals surface area contributed by atoms with Crippen LogP contribution in [0.2, 0.25) is 0 Å². The summed E-state index contributed by atoms with van der Waals surface area (Å²) in [4.78, 5) is 9.97. The molecule has 3 heteroatoms. The minimum Gasteiger partial charge on any atom is -0.382 e. The van der Waals surface area contributed by atoms with Gasteiger partial charge in [0.15, 0.2) is 0 Å². The second-order valence-electron chi connectivity index (χ2n) is 2.66. The first-order chi connectivity index (χ1) is 5.66. The monoisotopic (exact) mass is 185 g/mol. The van der Waals surface area contributed by atoms with E-state index in [1.165, 1.54) is 0 Å². The van der Waals surface area contributed by atoms with Crippen molar-refractivity contribution >= 4 is 15.5 Å². The minimum atomic E-state index is 0.362. The number of allylic oxidation sites excluding steroid dienone is 2. The van der Waals surface area contributed by atoms with Crippen LogP contribution >= 0.6 is 9.24 Å². The summed E-state index contributed by atoms with van der Waals surface area (Å²) in [6.45, 7) is 7.92. The molecule has 0 spiro atoms. The van der Waals surface area contributed by atoms with E-state index < -0.39 is 0 Å². The van der Waals surface area contributed by atoms with Gasteiger partial charge in [-0.05, 0) is 19.3 Å². The Morgan fingerprint density at radius 3 is 2.58 bits per heavy atom. The zero-order valence-corrected chi connectivity index (χ0v) is 8.46. The minimum absolute atomic E-state index is 0.362. The lowest BCUT2D eigenvalue weighted by Crippen LogP contribution is -2.14. The van der Waals surface area contributed by atoms with E-state index in [9.17, 15) is 4.79 Å². The lowest BCUT2D eigenvalue weighted by molar-refractivity contribution is -0.107. The summed E-state index contributed by atoms with van der Waals surface area (Å²) in [5.74, 6) is 0. The lowest BCUT2D eigenvalue weighted by Gasteiger charge is -2.05. The van der Waals surface area contributed by atoms with Crippen molar-refractivity contribution in [2.24, 2.45) is 0 Å². The molecule has 0 aromatic carbocycles. The molecular weight excluding hydrogens is 169 g/mol. The van der Waals surface area contributed by atoms with Crippen LogP contribution < -0.4 is 5.32 Å². The number of hydrogen-bond donors (Lipinski definition) is 1. The van der Waals surface area contributed by atoms with E-state index in [-0.39, 0.29) is 0 Å². The van der Waals surface area contributed by atoms with E-state index in [0.29, 0.717) is 6.54 Å². The van der Waals surface area contributed by atoms with Crippen LogP contribution in [-0.2, 0) is 4.79 Å². The zero-order chi connectivity index (χ0) is 9.40. The third-order valence-corrected chi connectivity index (χ3v) is 1.70. The van der Waals surface area contributed by atoms with Gasteiger partial charge in [-0.3, -0.25) is 0 Å². The van der Waals surface area contributed by atoms with E-state index in [0.717, 1.165) is 36.6 Å². The molecule has 1 unspecified atom stereocenters. The van der Waals surface area contributed by atoms with Crippen LogP contribution in [0, 0.1) is 0 Å². The Hall–Kier alpha value is -0.620. The van der Waals surface area contributed by atoms with Crippen LogP contribution in [0.3, 0.4) is 0 Å². The summed E-state index contributed by atoms with van der Waals surface area (Å²) in [7, 11) is 2.58. The molecule has 0 saturated heterocycles. The van der Waals surface area contributed by atoms with Crippen LogP contribution in [0.25, 0.3) is 0 Å². The fraction of sp³-hybridized carbons (Fsp3) is 0.444. The van der Waals surface area contributed by atoms with E-state index in [1.54, 1.807) is 0 Å². The average molecular weight is 185 g/mol. The van der Waals surface area contributed by atoms with Gasteiger partial charge in [0.25, 0.3) is 0 Å². The molecule has 0 heterocycles. The second-order valence-corrected chi connectivity index (χ2v) is 3.48. The molecule has 2 nitrogen and oxygen atoms in total. The summed E-state index contributed by atoms with van der Waals surface area (Å²) in [6.07, 6.45) is 3.76. The highest BCUT2D eigenvalue weighted by Gasteiger charge is 1.93. The van der Waals surface area contributed by atoms with Crippen molar-refractivity contribution in [1.82, 2.24) is 5.32 Å². The van der Waals surface area contributed by atoms with Gasteiger partial charge in [-0.2, -0.15) is 0 Å². The Morgan fingerprint density at radius 1 is 1.42 bits per heavy atom. The number of hydrogen-bond acceptors (Lipinski definition) is 2. The fourth-order valence-corrected chi connectivity index (χ4v) is 1.01. The van der Waals surface area contributed by atoms with Gasteiger partial charge < -0.3 is 10.1 Å². The summed E-state index contributed by atoms with van der Waals surface area (Å²) in [6, 6.07) is 0. The first-order valence-corrected chi connectivity index (χ1v) is 4.53. The SMILES string of the molecule is C=C(P)CCCC(=C)NCC=O. The maximum atomic E-state index is 9.97. The van der Waals surface area contributed by atoms with Crippen molar-refractivity contribution in [3.63, 3.8) is 0 Å². The average Bonchev–Trinajstić information content (AvgIpc) is 2.00. The number of nitrogens with one attached hydrogen (secondary N) is 1. The van der Waals surface area contributed by atoms with Crippen molar-refractivity contribution in [2.45, 2.75) is 19.3 Å². The van der Waals surface area contributed by atoms with Crippen molar-refractivity contribution < 1.29 is 4.79 Å². The third-order valence-electron chi connectivity index (χ3n) is 1.41. The van der Waals surface area contributed by atoms with Crippen molar-refractivity contribution in [3.05, 3.63) is 24.2 Å². The second kappa shape index (κ2) is 7.05. The Labute approximate surface area is 76.3 Å². The number of aldehydes is 1. The predicted octanol–water partition coefficient (Wildman–Crippen LogP) is 1.85. The highest BCUT2D eigenvalue weighted by atomic mass is 31.0. The zero-order valence-electron chi connectivity index (χ0n) is 7.31. The highest BCUT2D eigenvalue weighted by Crippen LogP contribution is 2.12. The summed E-state index contributed by atoms with van der Waals surface area (Å²) < 4.78 is 0. The molecule has 0 aromatic heterocycles. The van der Waals surface area contributed by atoms with Gasteiger partial charge >= 0.3 is 0 Å². The normalized spacial score (nSPS) is 9.08. The Kier molecular flexibility index (Phi) is 6.69. The number of rotatable bonds is 7. The van der Waals surface area contributed by atoms with Crippen LogP contribution in [0.15, 0.2) is 24.2 Å². The Bertz CT molecular complexity index is 177. The quantitative estimate of drug-likeness (QED) is 0.484. The number of carbonyl (C=O) groups excluding carboxylic acids is 1. The third kappa shape index (κ3) is 7.49. The molecule has 0 aliphatic carbocycles. The van der Waals surface area contributed by atoms with E-state index in [4.69, 9.17) is 0 Å². The molecule has 0 amide bonds. The fourth-order valence-electron chi connectivity index (χ4n) is 0.803. The van der Waals surface area contributed by atoms with Crippen LogP contribution in [-0.4, -0.2) is 12.8 Å². The van der Waals surface area contributed by atoms with Crippen LogP contribution in [0.4, 0.5) is 0 Å². The van der Waals surface area contributed by atoms with E-state index in [2.05, 4.69) is 27.7 Å². The molecule has 0 aromatic rings. The molecule has 0 bridgehead atoms. The first-order valence-electron chi connectivity index (χ1n) is 3.95. The van der Waals surface area contributed by atoms with Gasteiger partial charge in [-0.25, -0.2) is 0 Å². The molecule has 1 N–H and O–H groups in total. The molecule has 0 rings (SSSR count). The Balaban J connectivity index is 3.31. The summed E-state index contributed by atoms with van der Waals surface area (Å²) in [5, 5.41) is 4.02. The molecule has 0 fully saturated rings. The standard InChI is InChI=1S/C9H16NOP/c1-8(10-6-7-11)4-3-5-9(2)12/h7,10H,1-6,12H2. The summed E-state index contributed by atoms with van der Waals surface area (Å²) in [5.41, 5.74) is 0.924. The lowest BCUT2D eigenvalue weighted by atomic mass is 10.2. The predicted molar refractivity (Wildman–Crippen MR) is 55.9 cm³/mol. The number of carbonyl (C=O) groups is 1. The van der Waals surface area contributed by atoms with Crippen molar-refractivity contribution in [3.8, 4) is 0 Å². The van der Waals surface area contributed by atoms with Crippen molar-refractivity contribution in [1.29, 1.82) is 0 Å². The van der Waals surface area contributed by atoms with Gasteiger partial charge in [0.05, 0.1) is 6.54 Å². The topological polar surface area (TPSA) is 29.1 Å². The van der Waals surface area contributed by atoms with E-state index >= 15 is 0 Å². The molecule has 68 valence electrons. The van der Waals surface area contributed by atoms with Crippen LogP contribution in [0.5, 0.6) is 0 Å². The van der Waals surface area contributed by atoms with Gasteiger partial charge in [0.1, 0.15) is 6.29 Å². The Morgan fingerprint density at radius 2 is 2.08 bits per heavy atom. The van der Waals surface area contributed by atoms with E-state index in [1.807, 2.05) is 0 Å². The molecule has 0 aliphatic heterocycles. The van der Waals surface area contributed by atoms with Crippen molar-refractivity contribution in [2.75, 3.05) is 6.54 Å². The highest BCUT2D eigenvalue weighted by molar-refractivity contribution is 7.22. The smallest absolute Gasteiger partial charge is 0.139 e. The first kappa shape index (κ1) is 11.4. The largest absolute Gasteiger partial charge is 0.382 e. The van der Waals surface area contributed by atoms with Gasteiger partial charge in [0, 0.05) is 5.70 Å².